The maximum Gasteiger partial charge on any atom is 0.225 e. The molecule has 8 heteroatoms. The van der Waals surface area contributed by atoms with E-state index in [0.29, 0.717) is 12.8 Å². The molecular weight excluding hydrogens is 440 g/mol. The fraction of sp³-hybridized carbons (Fsp3) is 0.333. The van der Waals surface area contributed by atoms with Gasteiger partial charge < -0.3 is 15.4 Å². The van der Waals surface area contributed by atoms with Crippen LogP contribution in [0.15, 0.2) is 60.9 Å². The molecule has 4 rings (SSSR count). The molecule has 1 aliphatic rings. The van der Waals surface area contributed by atoms with Crippen molar-refractivity contribution in [2.75, 3.05) is 38.2 Å². The predicted molar refractivity (Wildman–Crippen MR) is 138 cm³/mol. The molecule has 2 heterocycles. The highest BCUT2D eigenvalue weighted by molar-refractivity contribution is 5.98. The minimum absolute atomic E-state index is 0.0152. The van der Waals surface area contributed by atoms with Crippen molar-refractivity contribution in [3.8, 4) is 16.9 Å². The zero-order valence-corrected chi connectivity index (χ0v) is 20.1. The topological polar surface area (TPSA) is 108 Å². The summed E-state index contributed by atoms with van der Waals surface area (Å²) in [5, 5.41) is 7.25. The van der Waals surface area contributed by atoms with Crippen molar-refractivity contribution < 1.29 is 9.53 Å². The third-order valence-corrected chi connectivity index (χ3v) is 6.22. The van der Waals surface area contributed by atoms with Gasteiger partial charge in [0.25, 0.3) is 0 Å². The number of para-hydroxylation sites is 1. The lowest BCUT2D eigenvalue weighted by Gasteiger charge is -2.34. The van der Waals surface area contributed by atoms with Crippen LogP contribution in [0.1, 0.15) is 24.0 Å². The number of carbonyl (C=O) groups excluding carboxylic acids is 1. The van der Waals surface area contributed by atoms with Crippen LogP contribution < -0.4 is 15.4 Å². The Bertz CT molecular complexity index is 1160. The van der Waals surface area contributed by atoms with Crippen molar-refractivity contribution >= 4 is 17.6 Å². The van der Waals surface area contributed by atoms with E-state index < -0.39 is 0 Å². The lowest BCUT2D eigenvalue weighted by atomic mass is 10.0. The van der Waals surface area contributed by atoms with Gasteiger partial charge in [-0.05, 0) is 23.6 Å². The van der Waals surface area contributed by atoms with E-state index in [1.807, 2.05) is 48.8 Å². The van der Waals surface area contributed by atoms with Crippen molar-refractivity contribution in [2.24, 2.45) is 5.73 Å². The zero-order chi connectivity index (χ0) is 24.6. The van der Waals surface area contributed by atoms with E-state index in [4.69, 9.17) is 15.9 Å². The number of ketones is 1. The molecule has 35 heavy (non-hydrogen) atoms. The largest absolute Gasteiger partial charge is 0.496 e. The summed E-state index contributed by atoms with van der Waals surface area (Å²) in [6.45, 7) is 4.49. The number of nitrogens with one attached hydrogen (secondary N) is 1. The molecule has 0 unspecified atom stereocenters. The summed E-state index contributed by atoms with van der Waals surface area (Å²) < 4.78 is 5.49. The predicted octanol–water partition coefficient (Wildman–Crippen LogP) is 3.30. The van der Waals surface area contributed by atoms with Gasteiger partial charge in [-0.1, -0.05) is 42.5 Å². The quantitative estimate of drug-likeness (QED) is 0.344. The number of methoxy groups -OCH3 is 1. The maximum atomic E-state index is 11.9. The van der Waals surface area contributed by atoms with E-state index in [-0.39, 0.29) is 18.0 Å². The number of piperazine rings is 1. The average Bonchev–Trinajstić information content (AvgIpc) is 2.88. The number of aromatic nitrogens is 2. The van der Waals surface area contributed by atoms with Gasteiger partial charge in [-0.15, -0.1) is 0 Å². The number of benzene rings is 2. The molecule has 1 aromatic heterocycles. The molecule has 3 aromatic rings. The fourth-order valence-electron chi connectivity index (χ4n) is 4.31. The van der Waals surface area contributed by atoms with Crippen LogP contribution in [-0.4, -0.2) is 59.8 Å². The second kappa shape index (κ2) is 11.6. The third kappa shape index (κ3) is 6.64. The highest BCUT2D eigenvalue weighted by Crippen LogP contribution is 2.23. The van der Waals surface area contributed by atoms with Gasteiger partial charge >= 0.3 is 0 Å². The minimum Gasteiger partial charge on any atom is -0.496 e. The van der Waals surface area contributed by atoms with Gasteiger partial charge in [0.05, 0.1) is 19.4 Å². The van der Waals surface area contributed by atoms with Crippen molar-refractivity contribution in [2.45, 2.75) is 25.8 Å². The van der Waals surface area contributed by atoms with E-state index in [1.165, 1.54) is 5.56 Å². The molecule has 0 aliphatic carbocycles. The lowest BCUT2D eigenvalue weighted by molar-refractivity contribution is -0.117. The number of amidine groups is 1. The number of aryl methyl sites for hydroxylation is 1. The number of nitrogens with zero attached hydrogens (tertiary/aromatic N) is 4. The number of ether oxygens (including phenoxy) is 1. The molecule has 0 saturated carbocycles. The monoisotopic (exact) mass is 472 g/mol. The van der Waals surface area contributed by atoms with Gasteiger partial charge in [-0.25, -0.2) is 9.97 Å². The molecular formula is C27H32N6O2. The number of nitrogens with two attached hydrogens (primary N) is 1. The van der Waals surface area contributed by atoms with E-state index in [9.17, 15) is 4.79 Å². The Kier molecular flexibility index (Phi) is 8.05. The molecule has 0 bridgehead atoms. The van der Waals surface area contributed by atoms with Gasteiger partial charge in [0, 0.05) is 62.7 Å². The van der Waals surface area contributed by atoms with E-state index in [2.05, 4.69) is 31.9 Å². The van der Waals surface area contributed by atoms with Crippen LogP contribution in [0.4, 0.5) is 5.95 Å². The first-order chi connectivity index (χ1) is 17.0. The summed E-state index contributed by atoms with van der Waals surface area (Å²) in [5.74, 6) is 1.58. The van der Waals surface area contributed by atoms with Gasteiger partial charge in [0.15, 0.2) is 0 Å². The molecule has 0 amide bonds. The van der Waals surface area contributed by atoms with Gasteiger partial charge in [-0.2, -0.15) is 0 Å². The summed E-state index contributed by atoms with van der Waals surface area (Å²) in [5.41, 5.74) is 9.55. The second-order valence-corrected chi connectivity index (χ2v) is 8.79. The Morgan fingerprint density at radius 2 is 1.77 bits per heavy atom. The Labute approximate surface area is 206 Å². The number of anilines is 1. The molecule has 1 saturated heterocycles. The van der Waals surface area contributed by atoms with Crippen molar-refractivity contribution in [1.82, 2.24) is 14.9 Å². The molecule has 0 atom stereocenters. The summed E-state index contributed by atoms with van der Waals surface area (Å²) in [4.78, 5) is 25.8. The number of hydrogen-bond acceptors (Lipinski definition) is 7. The summed E-state index contributed by atoms with van der Waals surface area (Å²) >= 11 is 0. The summed E-state index contributed by atoms with van der Waals surface area (Å²) in [6, 6.07) is 16.2. The van der Waals surface area contributed by atoms with Crippen molar-refractivity contribution in [1.29, 1.82) is 5.41 Å². The molecule has 0 spiro atoms. The SMILES string of the molecule is COc1ccccc1CN1CCN(c2ncc(-c3cccc(CCC(=O)CC(=N)N)c3)cn2)CC1. The van der Waals surface area contributed by atoms with Gasteiger partial charge in [-0.3, -0.25) is 15.1 Å². The summed E-state index contributed by atoms with van der Waals surface area (Å²) in [6.07, 6.45) is 4.75. The number of hydrogen-bond donors (Lipinski definition) is 2. The molecule has 1 fully saturated rings. The number of Topliss-reactive ketones (excluding diaryl/α,β-unsaturated/α-hetero) is 1. The van der Waals surface area contributed by atoms with E-state index in [1.54, 1.807) is 7.11 Å². The molecule has 2 aromatic carbocycles. The van der Waals surface area contributed by atoms with Crippen LogP contribution in [0, 0.1) is 5.41 Å². The average molecular weight is 473 g/mol. The Hall–Kier alpha value is -3.78. The first-order valence-corrected chi connectivity index (χ1v) is 11.9. The minimum atomic E-state index is -0.0844. The second-order valence-electron chi connectivity index (χ2n) is 8.79. The highest BCUT2D eigenvalue weighted by atomic mass is 16.5. The molecule has 0 radical (unpaired) electrons. The van der Waals surface area contributed by atoms with Crippen LogP contribution in [-0.2, 0) is 17.8 Å². The Morgan fingerprint density at radius 1 is 1.03 bits per heavy atom. The van der Waals surface area contributed by atoms with Crippen molar-refractivity contribution in [3.63, 3.8) is 0 Å². The standard InChI is InChI=1S/C27H32N6O2/c1-35-25-8-3-2-6-22(25)19-32-11-13-33(14-12-32)27-30-17-23(18-31-27)21-7-4-5-20(15-21)9-10-24(34)16-26(28)29/h2-8,15,17-18H,9-14,16,19H2,1H3,(H3,28,29). The van der Waals surface area contributed by atoms with Crippen LogP contribution in [0.5, 0.6) is 5.75 Å². The van der Waals surface area contributed by atoms with Crippen molar-refractivity contribution in [3.05, 3.63) is 72.1 Å². The maximum absolute atomic E-state index is 11.9. The van der Waals surface area contributed by atoms with Crippen LogP contribution in [0.25, 0.3) is 11.1 Å². The van der Waals surface area contributed by atoms with E-state index in [0.717, 1.165) is 61.1 Å². The fourth-order valence-corrected chi connectivity index (χ4v) is 4.31. The zero-order valence-electron chi connectivity index (χ0n) is 20.1. The smallest absolute Gasteiger partial charge is 0.225 e. The molecule has 3 N–H and O–H groups in total. The normalized spacial score (nSPS) is 14.0. The summed E-state index contributed by atoms with van der Waals surface area (Å²) in [7, 11) is 1.71. The van der Waals surface area contributed by atoms with Gasteiger partial charge in [0.1, 0.15) is 11.5 Å². The Balaban J connectivity index is 1.32. The van der Waals surface area contributed by atoms with E-state index >= 15 is 0 Å². The molecule has 182 valence electrons. The van der Waals surface area contributed by atoms with Gasteiger partial charge in [0.2, 0.25) is 5.95 Å². The van der Waals surface area contributed by atoms with Crippen LogP contribution >= 0.6 is 0 Å². The number of rotatable bonds is 10. The van der Waals surface area contributed by atoms with Crippen LogP contribution in [0.2, 0.25) is 0 Å². The first kappa shape index (κ1) is 24.3. The molecule has 8 nitrogen and oxygen atoms in total. The lowest BCUT2D eigenvalue weighted by Crippen LogP contribution is -2.46. The number of carbonyl (C=O) groups is 1. The highest BCUT2D eigenvalue weighted by Gasteiger charge is 2.20. The molecule has 1 aliphatic heterocycles. The van der Waals surface area contributed by atoms with Crippen LogP contribution in [0.3, 0.4) is 0 Å². The Morgan fingerprint density at radius 3 is 2.49 bits per heavy atom. The third-order valence-electron chi connectivity index (χ3n) is 6.22. The first-order valence-electron chi connectivity index (χ1n) is 11.9.